The van der Waals surface area contributed by atoms with E-state index in [0.29, 0.717) is 11.5 Å². The van der Waals surface area contributed by atoms with Crippen molar-refractivity contribution in [3.8, 4) is 0 Å². The van der Waals surface area contributed by atoms with Crippen molar-refractivity contribution in [2.24, 2.45) is 11.3 Å². The molecule has 0 saturated heterocycles. The molecule has 1 rings (SSSR count). The lowest BCUT2D eigenvalue weighted by Gasteiger charge is -2.44. The molecular weight excluding hydrogens is 232 g/mol. The molecule has 0 aromatic rings. The minimum Gasteiger partial charge on any atom is -0.316 e. The Morgan fingerprint density at radius 2 is 1.84 bits per heavy atom. The highest BCUT2D eigenvalue weighted by atomic mass is 15.2. The largest absolute Gasteiger partial charge is 0.316 e. The summed E-state index contributed by atoms with van der Waals surface area (Å²) in [5, 5.41) is 3.70. The molecule has 1 aliphatic carbocycles. The second-order valence-electron chi connectivity index (χ2n) is 7.02. The summed E-state index contributed by atoms with van der Waals surface area (Å²) in [5.41, 5.74) is 0.530. The molecule has 2 nitrogen and oxygen atoms in total. The molecule has 0 aliphatic heterocycles. The Morgan fingerprint density at radius 3 is 2.32 bits per heavy atom. The SMILES string of the molecule is CCCNCC1(CN(CC)C(C)C)CCC(C)CC1. The zero-order valence-corrected chi connectivity index (χ0v) is 14.0. The van der Waals surface area contributed by atoms with Gasteiger partial charge in [-0.25, -0.2) is 0 Å². The summed E-state index contributed by atoms with van der Waals surface area (Å²) in [6.45, 7) is 16.5. The van der Waals surface area contributed by atoms with Crippen molar-refractivity contribution in [3.05, 3.63) is 0 Å². The number of hydrogen-bond acceptors (Lipinski definition) is 2. The fourth-order valence-corrected chi connectivity index (χ4v) is 3.39. The van der Waals surface area contributed by atoms with Crippen LogP contribution in [0.1, 0.15) is 66.7 Å². The summed E-state index contributed by atoms with van der Waals surface area (Å²) in [7, 11) is 0. The van der Waals surface area contributed by atoms with Crippen LogP contribution < -0.4 is 5.32 Å². The van der Waals surface area contributed by atoms with Gasteiger partial charge in [0.1, 0.15) is 0 Å². The molecule has 1 aliphatic rings. The maximum atomic E-state index is 3.70. The van der Waals surface area contributed by atoms with Gasteiger partial charge in [-0.15, -0.1) is 0 Å². The van der Waals surface area contributed by atoms with Gasteiger partial charge in [0.2, 0.25) is 0 Å². The molecule has 1 saturated carbocycles. The van der Waals surface area contributed by atoms with E-state index < -0.39 is 0 Å². The molecule has 19 heavy (non-hydrogen) atoms. The average Bonchev–Trinajstić information content (AvgIpc) is 2.39. The summed E-state index contributed by atoms with van der Waals surface area (Å²) >= 11 is 0. The Bertz CT molecular complexity index is 229. The number of rotatable bonds is 8. The van der Waals surface area contributed by atoms with Crippen LogP contribution in [0.2, 0.25) is 0 Å². The predicted octanol–water partition coefficient (Wildman–Crippen LogP) is 3.91. The Balaban J connectivity index is 2.62. The van der Waals surface area contributed by atoms with Gasteiger partial charge >= 0.3 is 0 Å². The molecule has 0 spiro atoms. The summed E-state index contributed by atoms with van der Waals surface area (Å²) in [6.07, 6.45) is 6.91. The highest BCUT2D eigenvalue weighted by Gasteiger charge is 2.35. The Labute approximate surface area is 121 Å². The first-order valence-corrected chi connectivity index (χ1v) is 8.47. The molecule has 0 unspecified atom stereocenters. The van der Waals surface area contributed by atoms with Crippen molar-refractivity contribution in [1.82, 2.24) is 10.2 Å². The van der Waals surface area contributed by atoms with Gasteiger partial charge < -0.3 is 10.2 Å². The van der Waals surface area contributed by atoms with Crippen molar-refractivity contribution in [3.63, 3.8) is 0 Å². The van der Waals surface area contributed by atoms with Crippen LogP contribution in [0.3, 0.4) is 0 Å². The lowest BCUT2D eigenvalue weighted by atomic mass is 9.70. The summed E-state index contributed by atoms with van der Waals surface area (Å²) in [4.78, 5) is 2.66. The first kappa shape index (κ1) is 17.0. The van der Waals surface area contributed by atoms with E-state index in [4.69, 9.17) is 0 Å². The first-order chi connectivity index (χ1) is 9.03. The van der Waals surface area contributed by atoms with Crippen LogP contribution >= 0.6 is 0 Å². The Morgan fingerprint density at radius 1 is 1.21 bits per heavy atom. The van der Waals surface area contributed by atoms with E-state index in [1.54, 1.807) is 0 Å². The molecule has 1 N–H and O–H groups in total. The van der Waals surface area contributed by atoms with Crippen LogP contribution in [0.25, 0.3) is 0 Å². The lowest BCUT2D eigenvalue weighted by molar-refractivity contribution is 0.0738. The average molecular weight is 268 g/mol. The zero-order chi connectivity index (χ0) is 14.3. The third-order valence-corrected chi connectivity index (χ3v) is 4.94. The number of nitrogens with one attached hydrogen (secondary N) is 1. The van der Waals surface area contributed by atoms with Gasteiger partial charge in [0.05, 0.1) is 0 Å². The maximum absolute atomic E-state index is 3.70. The van der Waals surface area contributed by atoms with Gasteiger partial charge in [0.15, 0.2) is 0 Å². The van der Waals surface area contributed by atoms with E-state index in [2.05, 4.69) is 44.8 Å². The molecule has 1 fully saturated rings. The van der Waals surface area contributed by atoms with Gasteiger partial charge in [-0.3, -0.25) is 0 Å². The van der Waals surface area contributed by atoms with Crippen molar-refractivity contribution in [2.75, 3.05) is 26.2 Å². The molecule has 2 heteroatoms. The molecule has 0 atom stereocenters. The minimum absolute atomic E-state index is 0.530. The van der Waals surface area contributed by atoms with Crippen molar-refractivity contribution in [1.29, 1.82) is 0 Å². The predicted molar refractivity (Wildman–Crippen MR) is 85.6 cm³/mol. The summed E-state index contributed by atoms with van der Waals surface area (Å²) in [6, 6.07) is 0.674. The molecule has 0 bridgehead atoms. The summed E-state index contributed by atoms with van der Waals surface area (Å²) in [5.74, 6) is 0.938. The van der Waals surface area contributed by atoms with Crippen LogP contribution in [0.4, 0.5) is 0 Å². The first-order valence-electron chi connectivity index (χ1n) is 8.47. The third kappa shape index (κ3) is 5.43. The molecule has 0 amide bonds. The molecule has 0 radical (unpaired) electrons. The second kappa shape index (κ2) is 8.26. The molecule has 0 aromatic heterocycles. The van der Waals surface area contributed by atoms with E-state index in [1.165, 1.54) is 58.3 Å². The van der Waals surface area contributed by atoms with Gasteiger partial charge in [-0.2, -0.15) is 0 Å². The lowest BCUT2D eigenvalue weighted by Crippen LogP contribution is -2.48. The minimum atomic E-state index is 0.530. The Hall–Kier alpha value is -0.0800. The van der Waals surface area contributed by atoms with Crippen LogP contribution in [0.15, 0.2) is 0 Å². The molecule has 0 aromatic carbocycles. The highest BCUT2D eigenvalue weighted by molar-refractivity contribution is 4.89. The normalized spacial score (nSPS) is 28.3. The number of nitrogens with zero attached hydrogens (tertiary/aromatic N) is 1. The fraction of sp³-hybridized carbons (Fsp3) is 1.00. The van der Waals surface area contributed by atoms with Gasteiger partial charge in [0.25, 0.3) is 0 Å². The van der Waals surface area contributed by atoms with Crippen molar-refractivity contribution in [2.45, 2.75) is 72.8 Å². The number of hydrogen-bond donors (Lipinski definition) is 1. The van der Waals surface area contributed by atoms with E-state index in [-0.39, 0.29) is 0 Å². The maximum Gasteiger partial charge on any atom is 0.00527 e. The van der Waals surface area contributed by atoms with Gasteiger partial charge in [-0.1, -0.05) is 33.6 Å². The second-order valence-corrected chi connectivity index (χ2v) is 7.02. The van der Waals surface area contributed by atoms with Crippen molar-refractivity contribution >= 4 is 0 Å². The van der Waals surface area contributed by atoms with E-state index in [0.717, 1.165) is 5.92 Å². The van der Waals surface area contributed by atoms with Crippen LogP contribution in [-0.4, -0.2) is 37.1 Å². The van der Waals surface area contributed by atoms with E-state index >= 15 is 0 Å². The summed E-state index contributed by atoms with van der Waals surface area (Å²) < 4.78 is 0. The van der Waals surface area contributed by atoms with E-state index in [9.17, 15) is 0 Å². The Kier molecular flexibility index (Phi) is 7.38. The monoisotopic (exact) mass is 268 g/mol. The topological polar surface area (TPSA) is 15.3 Å². The molecule has 114 valence electrons. The highest BCUT2D eigenvalue weighted by Crippen LogP contribution is 2.39. The fourth-order valence-electron chi connectivity index (χ4n) is 3.39. The smallest absolute Gasteiger partial charge is 0.00527 e. The van der Waals surface area contributed by atoms with Gasteiger partial charge in [-0.05, 0) is 57.5 Å². The van der Waals surface area contributed by atoms with Crippen molar-refractivity contribution < 1.29 is 0 Å². The molecular formula is C17H36N2. The van der Waals surface area contributed by atoms with Crippen LogP contribution in [-0.2, 0) is 0 Å². The van der Waals surface area contributed by atoms with E-state index in [1.807, 2.05) is 0 Å². The van der Waals surface area contributed by atoms with Crippen LogP contribution in [0, 0.1) is 11.3 Å². The third-order valence-electron chi connectivity index (χ3n) is 4.94. The zero-order valence-electron chi connectivity index (χ0n) is 14.0. The van der Waals surface area contributed by atoms with Crippen LogP contribution in [0.5, 0.6) is 0 Å². The van der Waals surface area contributed by atoms with Gasteiger partial charge in [0, 0.05) is 19.1 Å². The quantitative estimate of drug-likeness (QED) is 0.671. The molecule has 0 heterocycles. The standard InChI is InChI=1S/C17H36N2/c1-6-12-18-13-17(10-8-16(5)9-11-17)14-19(7-2)15(3)4/h15-16,18H,6-14H2,1-5H3.